The number of rotatable bonds is 2. The van der Waals surface area contributed by atoms with Crippen LogP contribution in [-0.2, 0) is 0 Å². The first-order valence-corrected chi connectivity index (χ1v) is 7.14. The van der Waals surface area contributed by atoms with Crippen LogP contribution in [0.4, 0.5) is 0 Å². The molecule has 0 aliphatic carbocycles. The summed E-state index contributed by atoms with van der Waals surface area (Å²) in [7, 11) is 0. The zero-order valence-corrected chi connectivity index (χ0v) is 11.2. The summed E-state index contributed by atoms with van der Waals surface area (Å²) >= 11 is 0. The fraction of sp³-hybridized carbons (Fsp3) is 0.643. The quantitative estimate of drug-likeness (QED) is 0.801. The predicted molar refractivity (Wildman–Crippen MR) is 71.8 cm³/mol. The lowest BCUT2D eigenvalue weighted by Crippen LogP contribution is -2.41. The van der Waals surface area contributed by atoms with Crippen LogP contribution >= 0.6 is 0 Å². The third kappa shape index (κ3) is 2.76. The first kappa shape index (κ1) is 12.5. The first-order valence-electron chi connectivity index (χ1n) is 7.14. The molecule has 5 nitrogen and oxygen atoms in total. The number of likely N-dealkylation sites (tertiary alicyclic amines) is 2. The molecule has 0 N–H and O–H groups in total. The molecule has 3 heterocycles. The Kier molecular flexibility index (Phi) is 3.73. The molecule has 0 unspecified atom stereocenters. The minimum absolute atomic E-state index is 0.0920. The van der Waals surface area contributed by atoms with E-state index >= 15 is 0 Å². The van der Waals surface area contributed by atoms with Crippen molar-refractivity contribution in [3.63, 3.8) is 0 Å². The van der Waals surface area contributed by atoms with Gasteiger partial charge in [-0.15, -0.1) is 0 Å². The van der Waals surface area contributed by atoms with Gasteiger partial charge in [0.2, 0.25) is 0 Å². The molecule has 0 aromatic carbocycles. The average Bonchev–Trinajstić information content (AvgIpc) is 2.98. The maximum Gasteiger partial charge on any atom is 0.255 e. The smallest absolute Gasteiger partial charge is 0.255 e. The van der Waals surface area contributed by atoms with Crippen LogP contribution in [0, 0.1) is 0 Å². The van der Waals surface area contributed by atoms with Gasteiger partial charge in [0.15, 0.2) is 0 Å². The van der Waals surface area contributed by atoms with Crippen molar-refractivity contribution in [1.29, 1.82) is 0 Å². The first-order chi connectivity index (χ1) is 9.34. The second-order valence-corrected chi connectivity index (χ2v) is 5.42. The standard InChI is InChI=1S/C14H20N4O/c19-14(12-4-6-15-16-10-12)18-9-5-13(11-18)17-7-2-1-3-8-17/h4,6,10,13H,1-3,5,7-9,11H2/t13-/m0/s1. The van der Waals surface area contributed by atoms with Crippen molar-refractivity contribution in [3.05, 3.63) is 24.0 Å². The minimum atomic E-state index is 0.0920. The van der Waals surface area contributed by atoms with Crippen molar-refractivity contribution in [3.8, 4) is 0 Å². The summed E-state index contributed by atoms with van der Waals surface area (Å²) in [6, 6.07) is 2.29. The molecule has 2 aliphatic rings. The highest BCUT2D eigenvalue weighted by molar-refractivity contribution is 5.94. The summed E-state index contributed by atoms with van der Waals surface area (Å²) in [6.07, 6.45) is 8.19. The van der Waals surface area contributed by atoms with E-state index < -0.39 is 0 Å². The fourth-order valence-electron chi connectivity index (χ4n) is 3.11. The summed E-state index contributed by atoms with van der Waals surface area (Å²) in [4.78, 5) is 16.8. The van der Waals surface area contributed by atoms with Gasteiger partial charge in [-0.05, 0) is 38.4 Å². The van der Waals surface area contributed by atoms with Gasteiger partial charge in [-0.2, -0.15) is 10.2 Å². The zero-order valence-electron chi connectivity index (χ0n) is 11.2. The molecule has 102 valence electrons. The molecular formula is C14H20N4O. The molecule has 0 bridgehead atoms. The van der Waals surface area contributed by atoms with Crippen molar-refractivity contribution < 1.29 is 4.79 Å². The zero-order chi connectivity index (χ0) is 13.1. The number of hydrogen-bond acceptors (Lipinski definition) is 4. The van der Waals surface area contributed by atoms with E-state index in [4.69, 9.17) is 0 Å². The average molecular weight is 260 g/mol. The Morgan fingerprint density at radius 2 is 2.00 bits per heavy atom. The van der Waals surface area contributed by atoms with Crippen LogP contribution in [-0.4, -0.2) is 58.1 Å². The fourth-order valence-corrected chi connectivity index (χ4v) is 3.11. The molecule has 1 amide bonds. The minimum Gasteiger partial charge on any atom is -0.337 e. The van der Waals surface area contributed by atoms with Gasteiger partial charge in [-0.1, -0.05) is 6.42 Å². The Labute approximate surface area is 113 Å². The van der Waals surface area contributed by atoms with Gasteiger partial charge in [-0.25, -0.2) is 0 Å². The van der Waals surface area contributed by atoms with E-state index in [1.165, 1.54) is 32.4 Å². The van der Waals surface area contributed by atoms with Crippen LogP contribution in [0.25, 0.3) is 0 Å². The topological polar surface area (TPSA) is 49.3 Å². The Morgan fingerprint density at radius 1 is 1.16 bits per heavy atom. The van der Waals surface area contributed by atoms with E-state index in [0.717, 1.165) is 19.5 Å². The van der Waals surface area contributed by atoms with E-state index in [0.29, 0.717) is 11.6 Å². The molecular weight excluding hydrogens is 240 g/mol. The van der Waals surface area contributed by atoms with Crippen LogP contribution in [0.3, 0.4) is 0 Å². The van der Waals surface area contributed by atoms with Gasteiger partial charge in [-0.3, -0.25) is 9.69 Å². The molecule has 0 spiro atoms. The molecule has 0 radical (unpaired) electrons. The summed E-state index contributed by atoms with van der Waals surface area (Å²) in [6.45, 7) is 4.12. The van der Waals surface area contributed by atoms with Crippen LogP contribution < -0.4 is 0 Å². The highest BCUT2D eigenvalue weighted by atomic mass is 16.2. The number of hydrogen-bond donors (Lipinski definition) is 0. The second kappa shape index (κ2) is 5.65. The predicted octanol–water partition coefficient (Wildman–Crippen LogP) is 1.18. The van der Waals surface area contributed by atoms with Gasteiger partial charge < -0.3 is 4.90 Å². The molecule has 3 rings (SSSR count). The van der Waals surface area contributed by atoms with E-state index in [1.807, 2.05) is 4.90 Å². The number of carbonyl (C=O) groups excluding carboxylic acids is 1. The summed E-state index contributed by atoms with van der Waals surface area (Å²) in [5, 5.41) is 7.49. The molecule has 1 atom stereocenters. The van der Waals surface area contributed by atoms with E-state index in [-0.39, 0.29) is 5.91 Å². The Balaban J connectivity index is 1.61. The Morgan fingerprint density at radius 3 is 2.74 bits per heavy atom. The molecule has 5 heteroatoms. The number of aromatic nitrogens is 2. The number of piperidine rings is 1. The summed E-state index contributed by atoms with van der Waals surface area (Å²) in [5.74, 6) is 0.0920. The van der Waals surface area contributed by atoms with Crippen LogP contribution in [0.1, 0.15) is 36.0 Å². The van der Waals surface area contributed by atoms with Gasteiger partial charge in [0.05, 0.1) is 18.0 Å². The maximum absolute atomic E-state index is 12.3. The molecule has 2 aliphatic heterocycles. The number of carbonyl (C=O) groups is 1. The Hall–Kier alpha value is -1.49. The highest BCUT2D eigenvalue weighted by Gasteiger charge is 2.31. The highest BCUT2D eigenvalue weighted by Crippen LogP contribution is 2.21. The lowest BCUT2D eigenvalue weighted by Gasteiger charge is -2.32. The van der Waals surface area contributed by atoms with Crippen LogP contribution in [0.15, 0.2) is 18.5 Å². The van der Waals surface area contributed by atoms with Crippen LogP contribution in [0.2, 0.25) is 0 Å². The van der Waals surface area contributed by atoms with Crippen LogP contribution in [0.5, 0.6) is 0 Å². The lowest BCUT2D eigenvalue weighted by atomic mass is 10.1. The third-order valence-electron chi connectivity index (χ3n) is 4.19. The van der Waals surface area contributed by atoms with Gasteiger partial charge >= 0.3 is 0 Å². The monoisotopic (exact) mass is 260 g/mol. The molecule has 2 saturated heterocycles. The maximum atomic E-state index is 12.3. The molecule has 2 fully saturated rings. The number of amides is 1. The number of nitrogens with zero attached hydrogens (tertiary/aromatic N) is 4. The van der Waals surface area contributed by atoms with Crippen molar-refractivity contribution in [2.45, 2.75) is 31.7 Å². The molecule has 0 saturated carbocycles. The van der Waals surface area contributed by atoms with Crippen molar-refractivity contribution in [2.75, 3.05) is 26.2 Å². The van der Waals surface area contributed by atoms with Gasteiger partial charge in [0.25, 0.3) is 5.91 Å². The lowest BCUT2D eigenvalue weighted by molar-refractivity contribution is 0.0771. The van der Waals surface area contributed by atoms with Gasteiger partial charge in [0.1, 0.15) is 0 Å². The van der Waals surface area contributed by atoms with Crippen molar-refractivity contribution >= 4 is 5.91 Å². The Bertz CT molecular complexity index is 430. The molecule has 1 aromatic heterocycles. The van der Waals surface area contributed by atoms with E-state index in [9.17, 15) is 4.79 Å². The normalized spacial score (nSPS) is 24.6. The van der Waals surface area contributed by atoms with E-state index in [1.54, 1.807) is 18.5 Å². The SMILES string of the molecule is O=C(c1ccnnc1)N1CC[C@H](N2CCCCC2)C1. The summed E-state index contributed by atoms with van der Waals surface area (Å²) in [5.41, 5.74) is 0.647. The van der Waals surface area contributed by atoms with Gasteiger partial charge in [0, 0.05) is 19.1 Å². The molecule has 1 aromatic rings. The largest absolute Gasteiger partial charge is 0.337 e. The second-order valence-electron chi connectivity index (χ2n) is 5.42. The third-order valence-corrected chi connectivity index (χ3v) is 4.19. The van der Waals surface area contributed by atoms with Crippen molar-refractivity contribution in [1.82, 2.24) is 20.0 Å². The summed E-state index contributed by atoms with van der Waals surface area (Å²) < 4.78 is 0. The molecule has 19 heavy (non-hydrogen) atoms. The van der Waals surface area contributed by atoms with E-state index in [2.05, 4.69) is 15.1 Å². The van der Waals surface area contributed by atoms with Crippen molar-refractivity contribution in [2.24, 2.45) is 0 Å².